The van der Waals surface area contributed by atoms with Crippen LogP contribution in [-0.4, -0.2) is 22.4 Å². The van der Waals surface area contributed by atoms with Gasteiger partial charge in [0.1, 0.15) is 5.75 Å². The summed E-state index contributed by atoms with van der Waals surface area (Å²) in [5.41, 5.74) is 6.15. The SMILES string of the molecule is Cl.NCCCCCCC(=O)Nc1cccc(Oc2cnccn2)c1. The molecular formula is C17H23ClN4O2. The summed E-state index contributed by atoms with van der Waals surface area (Å²) in [5, 5.41) is 2.88. The van der Waals surface area contributed by atoms with E-state index < -0.39 is 0 Å². The largest absolute Gasteiger partial charge is 0.437 e. The van der Waals surface area contributed by atoms with Crippen molar-refractivity contribution in [2.45, 2.75) is 32.1 Å². The van der Waals surface area contributed by atoms with E-state index in [-0.39, 0.29) is 18.3 Å². The first-order chi connectivity index (χ1) is 11.3. The average molecular weight is 351 g/mol. The highest BCUT2D eigenvalue weighted by Crippen LogP contribution is 2.22. The van der Waals surface area contributed by atoms with E-state index in [2.05, 4.69) is 15.3 Å². The van der Waals surface area contributed by atoms with Gasteiger partial charge in [0.05, 0.1) is 6.20 Å². The molecule has 0 atom stereocenters. The third-order valence-electron chi connectivity index (χ3n) is 3.24. The Morgan fingerprint density at radius 1 is 1.17 bits per heavy atom. The minimum Gasteiger partial charge on any atom is -0.437 e. The van der Waals surface area contributed by atoms with Crippen molar-refractivity contribution in [3.05, 3.63) is 42.9 Å². The number of hydrogen-bond acceptors (Lipinski definition) is 5. The van der Waals surface area contributed by atoms with Crippen LogP contribution in [0.3, 0.4) is 0 Å². The second kappa shape index (κ2) is 11.4. The molecule has 1 aromatic carbocycles. The van der Waals surface area contributed by atoms with Crippen molar-refractivity contribution in [2.24, 2.45) is 5.73 Å². The van der Waals surface area contributed by atoms with Gasteiger partial charge in [-0.05, 0) is 31.5 Å². The molecule has 2 rings (SSSR count). The number of amides is 1. The molecule has 0 spiro atoms. The maximum Gasteiger partial charge on any atom is 0.237 e. The van der Waals surface area contributed by atoms with Crippen molar-refractivity contribution >= 4 is 24.0 Å². The van der Waals surface area contributed by atoms with Gasteiger partial charge >= 0.3 is 0 Å². The normalized spacial score (nSPS) is 9.88. The molecule has 0 aliphatic rings. The molecular weight excluding hydrogens is 328 g/mol. The number of ether oxygens (including phenoxy) is 1. The van der Waals surface area contributed by atoms with E-state index in [1.165, 1.54) is 6.20 Å². The lowest BCUT2D eigenvalue weighted by Gasteiger charge is -2.08. The minimum absolute atomic E-state index is 0. The lowest BCUT2D eigenvalue weighted by Crippen LogP contribution is -2.11. The second-order valence-corrected chi connectivity index (χ2v) is 5.17. The van der Waals surface area contributed by atoms with Crippen LogP contribution >= 0.6 is 12.4 Å². The Morgan fingerprint density at radius 3 is 2.75 bits per heavy atom. The highest BCUT2D eigenvalue weighted by molar-refractivity contribution is 5.90. The van der Waals surface area contributed by atoms with Gasteiger partial charge in [-0.3, -0.25) is 9.78 Å². The standard InChI is InChI=1S/C17H22N4O2.ClH/c18-9-4-2-1-3-8-16(22)21-14-6-5-7-15(12-14)23-17-13-19-10-11-20-17;/h5-7,10-13H,1-4,8-9,18H2,(H,21,22);1H. The van der Waals surface area contributed by atoms with Gasteiger partial charge in [0.2, 0.25) is 11.8 Å². The van der Waals surface area contributed by atoms with Crippen molar-refractivity contribution in [1.29, 1.82) is 0 Å². The van der Waals surface area contributed by atoms with Crippen LogP contribution in [-0.2, 0) is 4.79 Å². The smallest absolute Gasteiger partial charge is 0.237 e. The van der Waals surface area contributed by atoms with Crippen molar-refractivity contribution in [2.75, 3.05) is 11.9 Å². The fraction of sp³-hybridized carbons (Fsp3) is 0.353. The van der Waals surface area contributed by atoms with E-state index in [0.29, 0.717) is 30.3 Å². The molecule has 7 heteroatoms. The minimum atomic E-state index is 0. The molecule has 3 N–H and O–H groups in total. The maximum atomic E-state index is 11.9. The molecule has 0 saturated carbocycles. The highest BCUT2D eigenvalue weighted by Gasteiger charge is 2.04. The summed E-state index contributed by atoms with van der Waals surface area (Å²) in [6.45, 7) is 0.713. The lowest BCUT2D eigenvalue weighted by molar-refractivity contribution is -0.116. The van der Waals surface area contributed by atoms with E-state index >= 15 is 0 Å². The van der Waals surface area contributed by atoms with Gasteiger partial charge in [0, 0.05) is 30.6 Å². The molecule has 2 aromatic rings. The van der Waals surface area contributed by atoms with Crippen LogP contribution in [0.2, 0.25) is 0 Å². The fourth-order valence-electron chi connectivity index (χ4n) is 2.10. The molecule has 0 saturated heterocycles. The fourth-order valence-corrected chi connectivity index (χ4v) is 2.10. The Morgan fingerprint density at radius 2 is 2.00 bits per heavy atom. The van der Waals surface area contributed by atoms with Crippen LogP contribution in [0, 0.1) is 0 Å². The highest BCUT2D eigenvalue weighted by atomic mass is 35.5. The van der Waals surface area contributed by atoms with Gasteiger partial charge in [0.15, 0.2) is 0 Å². The Balaban J connectivity index is 0.00000288. The van der Waals surface area contributed by atoms with Crippen LogP contribution in [0.1, 0.15) is 32.1 Å². The molecule has 130 valence electrons. The first kappa shape index (κ1) is 19.9. The number of nitrogens with two attached hydrogens (primary N) is 1. The number of benzene rings is 1. The van der Waals surface area contributed by atoms with Gasteiger partial charge in [0.25, 0.3) is 0 Å². The molecule has 0 fully saturated rings. The first-order valence-electron chi connectivity index (χ1n) is 7.82. The van der Waals surface area contributed by atoms with Crippen molar-refractivity contribution in [3.63, 3.8) is 0 Å². The molecule has 0 aliphatic carbocycles. The van der Waals surface area contributed by atoms with Crippen LogP contribution in [0.4, 0.5) is 5.69 Å². The Bertz CT molecular complexity index is 611. The van der Waals surface area contributed by atoms with Gasteiger partial charge in [-0.1, -0.05) is 18.9 Å². The zero-order valence-corrected chi connectivity index (χ0v) is 14.3. The molecule has 1 amide bonds. The molecule has 0 aliphatic heterocycles. The van der Waals surface area contributed by atoms with Crippen molar-refractivity contribution in [1.82, 2.24) is 9.97 Å². The number of carbonyl (C=O) groups excluding carboxylic acids is 1. The molecule has 1 heterocycles. The summed E-state index contributed by atoms with van der Waals surface area (Å²) in [5.74, 6) is 1.02. The number of nitrogens with zero attached hydrogens (tertiary/aromatic N) is 2. The monoisotopic (exact) mass is 350 g/mol. The topological polar surface area (TPSA) is 90.1 Å². The van der Waals surface area contributed by atoms with Gasteiger partial charge < -0.3 is 15.8 Å². The molecule has 0 bridgehead atoms. The number of aromatic nitrogens is 2. The zero-order chi connectivity index (χ0) is 16.3. The lowest BCUT2D eigenvalue weighted by atomic mass is 10.1. The predicted molar refractivity (Wildman–Crippen MR) is 96.6 cm³/mol. The number of carbonyl (C=O) groups is 1. The summed E-state index contributed by atoms with van der Waals surface area (Å²) < 4.78 is 5.59. The summed E-state index contributed by atoms with van der Waals surface area (Å²) in [7, 11) is 0. The van der Waals surface area contributed by atoms with Crippen LogP contribution in [0.15, 0.2) is 42.9 Å². The molecule has 1 aromatic heterocycles. The quantitative estimate of drug-likeness (QED) is 0.675. The first-order valence-corrected chi connectivity index (χ1v) is 7.82. The van der Waals surface area contributed by atoms with Gasteiger partial charge in [-0.15, -0.1) is 12.4 Å². The summed E-state index contributed by atoms with van der Waals surface area (Å²) in [4.78, 5) is 19.9. The van der Waals surface area contributed by atoms with E-state index in [4.69, 9.17) is 10.5 Å². The number of hydrogen-bond donors (Lipinski definition) is 2. The Kier molecular flexibility index (Phi) is 9.41. The molecule has 0 unspecified atom stereocenters. The van der Waals surface area contributed by atoms with Gasteiger partial charge in [-0.2, -0.15) is 0 Å². The number of unbranched alkanes of at least 4 members (excludes halogenated alkanes) is 3. The Labute approximate surface area is 148 Å². The van der Waals surface area contributed by atoms with E-state index in [0.717, 1.165) is 25.7 Å². The zero-order valence-electron chi connectivity index (χ0n) is 13.5. The van der Waals surface area contributed by atoms with Crippen molar-refractivity contribution in [3.8, 4) is 11.6 Å². The second-order valence-electron chi connectivity index (χ2n) is 5.17. The summed E-state index contributed by atoms with van der Waals surface area (Å²) >= 11 is 0. The van der Waals surface area contributed by atoms with Crippen LogP contribution < -0.4 is 15.8 Å². The third-order valence-corrected chi connectivity index (χ3v) is 3.24. The van der Waals surface area contributed by atoms with Crippen LogP contribution in [0.5, 0.6) is 11.6 Å². The number of rotatable bonds is 9. The number of nitrogens with one attached hydrogen (secondary N) is 1. The summed E-state index contributed by atoms with van der Waals surface area (Å²) in [6.07, 6.45) is 9.19. The number of anilines is 1. The van der Waals surface area contributed by atoms with E-state index in [1.54, 1.807) is 24.5 Å². The maximum absolute atomic E-state index is 11.9. The molecule has 6 nitrogen and oxygen atoms in total. The van der Waals surface area contributed by atoms with Gasteiger partial charge in [-0.25, -0.2) is 4.98 Å². The Hall–Kier alpha value is -2.18. The predicted octanol–water partition coefficient (Wildman–Crippen LogP) is 3.54. The van der Waals surface area contributed by atoms with E-state index in [1.807, 2.05) is 12.1 Å². The average Bonchev–Trinajstić information content (AvgIpc) is 2.56. The van der Waals surface area contributed by atoms with Crippen molar-refractivity contribution < 1.29 is 9.53 Å². The summed E-state index contributed by atoms with van der Waals surface area (Å²) in [6, 6.07) is 7.22. The van der Waals surface area contributed by atoms with Crippen LogP contribution in [0.25, 0.3) is 0 Å². The molecule has 0 radical (unpaired) electrons. The molecule has 24 heavy (non-hydrogen) atoms. The van der Waals surface area contributed by atoms with E-state index in [9.17, 15) is 4.79 Å². The number of halogens is 1. The third kappa shape index (κ3) is 7.39.